The van der Waals surface area contributed by atoms with Gasteiger partial charge < -0.3 is 15.0 Å². The Morgan fingerprint density at radius 3 is 2.81 bits per heavy atom. The number of nitrogens with one attached hydrogen (secondary N) is 1. The van der Waals surface area contributed by atoms with Crippen LogP contribution in [0, 0.1) is 6.92 Å². The van der Waals surface area contributed by atoms with Gasteiger partial charge in [-0.15, -0.1) is 0 Å². The molecule has 0 aliphatic rings. The van der Waals surface area contributed by atoms with E-state index in [1.54, 1.807) is 12.1 Å². The third-order valence-electron chi connectivity index (χ3n) is 3.32. The van der Waals surface area contributed by atoms with Gasteiger partial charge in [0.25, 0.3) is 0 Å². The van der Waals surface area contributed by atoms with Crippen LogP contribution in [0.15, 0.2) is 18.2 Å². The fraction of sp³-hybridized carbons (Fsp3) is 0.400. The highest BCUT2D eigenvalue weighted by molar-refractivity contribution is 5.92. The van der Waals surface area contributed by atoms with Gasteiger partial charge in [-0.3, -0.25) is 4.79 Å². The molecule has 21 heavy (non-hydrogen) atoms. The number of nitrogens with zero attached hydrogens (tertiary/aromatic N) is 2. The van der Waals surface area contributed by atoms with Crippen LogP contribution in [0.4, 0.5) is 0 Å². The minimum Gasteiger partial charge on any atom is -0.478 e. The number of carbonyl (C=O) groups is 2. The highest BCUT2D eigenvalue weighted by Gasteiger charge is 2.12. The van der Waals surface area contributed by atoms with Gasteiger partial charge in [0.05, 0.1) is 16.6 Å². The number of aromatic carboxylic acids is 1. The van der Waals surface area contributed by atoms with Gasteiger partial charge in [0.2, 0.25) is 5.91 Å². The summed E-state index contributed by atoms with van der Waals surface area (Å²) in [6.45, 7) is 5.01. The van der Waals surface area contributed by atoms with Crippen LogP contribution in [0.5, 0.6) is 0 Å². The monoisotopic (exact) mass is 289 g/mol. The minimum absolute atomic E-state index is 0.00695. The summed E-state index contributed by atoms with van der Waals surface area (Å²) in [5.74, 6) is -0.202. The van der Waals surface area contributed by atoms with Gasteiger partial charge in [0.15, 0.2) is 0 Å². The molecule has 0 unspecified atom stereocenters. The second-order valence-electron chi connectivity index (χ2n) is 4.92. The maximum Gasteiger partial charge on any atom is 0.335 e. The van der Waals surface area contributed by atoms with Crippen molar-refractivity contribution in [3.8, 4) is 0 Å². The maximum atomic E-state index is 11.7. The zero-order chi connectivity index (χ0) is 15.4. The van der Waals surface area contributed by atoms with E-state index in [4.69, 9.17) is 5.11 Å². The van der Waals surface area contributed by atoms with E-state index < -0.39 is 5.97 Å². The number of hydrogen-bond acceptors (Lipinski definition) is 3. The number of carboxylic acids is 1. The lowest BCUT2D eigenvalue weighted by molar-refractivity contribution is -0.121. The van der Waals surface area contributed by atoms with Crippen LogP contribution in [0.25, 0.3) is 11.0 Å². The van der Waals surface area contributed by atoms with Crippen LogP contribution in [0.2, 0.25) is 0 Å². The first kappa shape index (κ1) is 15.0. The number of rotatable bonds is 6. The van der Waals surface area contributed by atoms with Gasteiger partial charge in [0, 0.05) is 19.5 Å². The van der Waals surface area contributed by atoms with Gasteiger partial charge in [-0.05, 0) is 31.5 Å². The van der Waals surface area contributed by atoms with E-state index in [9.17, 15) is 9.59 Å². The molecule has 0 saturated carbocycles. The SMILES string of the molecule is CCCNC(=O)CCn1c(C)nc2ccc(C(=O)O)cc21. The van der Waals surface area contributed by atoms with Crippen LogP contribution in [-0.4, -0.2) is 33.1 Å². The molecule has 1 amide bonds. The number of fused-ring (bicyclic) bond motifs is 1. The summed E-state index contributed by atoms with van der Waals surface area (Å²) in [7, 11) is 0. The number of carboxylic acid groups (broad SMARTS) is 1. The molecule has 6 nitrogen and oxygen atoms in total. The van der Waals surface area contributed by atoms with Gasteiger partial charge in [-0.25, -0.2) is 9.78 Å². The zero-order valence-electron chi connectivity index (χ0n) is 12.2. The molecule has 0 radical (unpaired) electrons. The Labute approximate surface area is 122 Å². The van der Waals surface area contributed by atoms with Crippen LogP contribution < -0.4 is 5.32 Å². The molecule has 0 bridgehead atoms. The molecule has 0 fully saturated rings. The van der Waals surface area contributed by atoms with Crippen molar-refractivity contribution in [3.05, 3.63) is 29.6 Å². The average Bonchev–Trinajstić information content (AvgIpc) is 2.77. The summed E-state index contributed by atoms with van der Waals surface area (Å²) in [6, 6.07) is 4.83. The van der Waals surface area contributed by atoms with Crippen LogP contribution >= 0.6 is 0 Å². The van der Waals surface area contributed by atoms with E-state index in [1.807, 2.05) is 18.4 Å². The first-order valence-corrected chi connectivity index (χ1v) is 6.99. The second kappa shape index (κ2) is 6.39. The molecule has 2 N–H and O–H groups in total. The Balaban J connectivity index is 2.22. The quantitative estimate of drug-likeness (QED) is 0.851. The normalized spacial score (nSPS) is 10.8. The molecule has 0 aliphatic heterocycles. The number of aromatic nitrogens is 2. The van der Waals surface area contributed by atoms with E-state index in [0.29, 0.717) is 19.5 Å². The summed E-state index contributed by atoms with van der Waals surface area (Å²) in [5.41, 5.74) is 1.71. The van der Waals surface area contributed by atoms with Crippen molar-refractivity contribution in [1.29, 1.82) is 0 Å². The van der Waals surface area contributed by atoms with E-state index in [2.05, 4.69) is 10.3 Å². The number of amides is 1. The average molecular weight is 289 g/mol. The number of imidazole rings is 1. The molecule has 0 spiro atoms. The Morgan fingerprint density at radius 2 is 2.14 bits per heavy atom. The Kier molecular flexibility index (Phi) is 4.57. The largest absolute Gasteiger partial charge is 0.478 e. The van der Waals surface area contributed by atoms with Gasteiger partial charge in [0.1, 0.15) is 5.82 Å². The molecule has 2 rings (SSSR count). The molecule has 0 aliphatic carbocycles. The predicted molar refractivity (Wildman–Crippen MR) is 79.3 cm³/mol. The van der Waals surface area contributed by atoms with Crippen LogP contribution in [0.1, 0.15) is 35.9 Å². The fourth-order valence-corrected chi connectivity index (χ4v) is 2.22. The summed E-state index contributed by atoms with van der Waals surface area (Å²) in [5, 5.41) is 11.9. The lowest BCUT2D eigenvalue weighted by atomic mass is 10.2. The first-order valence-electron chi connectivity index (χ1n) is 6.99. The molecule has 0 saturated heterocycles. The summed E-state index contributed by atoms with van der Waals surface area (Å²) in [4.78, 5) is 27.1. The smallest absolute Gasteiger partial charge is 0.335 e. The topological polar surface area (TPSA) is 84.2 Å². The highest BCUT2D eigenvalue weighted by Crippen LogP contribution is 2.18. The highest BCUT2D eigenvalue weighted by atomic mass is 16.4. The maximum absolute atomic E-state index is 11.7. The van der Waals surface area contributed by atoms with Crippen molar-refractivity contribution >= 4 is 22.9 Å². The molecule has 2 aromatic rings. The van der Waals surface area contributed by atoms with Crippen molar-refractivity contribution in [2.45, 2.75) is 33.2 Å². The van der Waals surface area contributed by atoms with Gasteiger partial charge >= 0.3 is 5.97 Å². The van der Waals surface area contributed by atoms with Crippen molar-refractivity contribution in [1.82, 2.24) is 14.9 Å². The Hall–Kier alpha value is -2.37. The van der Waals surface area contributed by atoms with E-state index >= 15 is 0 Å². The molecule has 6 heteroatoms. The molecule has 1 aromatic carbocycles. The van der Waals surface area contributed by atoms with Crippen molar-refractivity contribution < 1.29 is 14.7 Å². The molecule has 0 atom stereocenters. The zero-order valence-corrected chi connectivity index (χ0v) is 12.2. The fourth-order valence-electron chi connectivity index (χ4n) is 2.22. The summed E-state index contributed by atoms with van der Waals surface area (Å²) in [6.07, 6.45) is 1.25. The van der Waals surface area contributed by atoms with E-state index in [-0.39, 0.29) is 11.5 Å². The Morgan fingerprint density at radius 1 is 1.38 bits per heavy atom. The first-order chi connectivity index (χ1) is 10.0. The molecule has 112 valence electrons. The lowest BCUT2D eigenvalue weighted by Gasteiger charge is -2.07. The van der Waals surface area contributed by atoms with Gasteiger partial charge in [-0.1, -0.05) is 6.92 Å². The van der Waals surface area contributed by atoms with Crippen molar-refractivity contribution in [3.63, 3.8) is 0 Å². The molecule has 1 aromatic heterocycles. The summed E-state index contributed by atoms with van der Waals surface area (Å²) < 4.78 is 1.88. The van der Waals surface area contributed by atoms with Crippen LogP contribution in [0.3, 0.4) is 0 Å². The third-order valence-corrected chi connectivity index (χ3v) is 3.32. The third kappa shape index (κ3) is 3.39. The number of carbonyl (C=O) groups excluding carboxylic acids is 1. The predicted octanol–water partition coefficient (Wildman–Crippen LogP) is 1.96. The number of hydrogen-bond donors (Lipinski definition) is 2. The van der Waals surface area contributed by atoms with Crippen molar-refractivity contribution in [2.75, 3.05) is 6.54 Å². The Bertz CT molecular complexity index is 676. The number of aryl methyl sites for hydroxylation is 2. The van der Waals surface area contributed by atoms with E-state index in [1.165, 1.54) is 6.07 Å². The minimum atomic E-state index is -0.969. The second-order valence-corrected chi connectivity index (χ2v) is 4.92. The molecule has 1 heterocycles. The van der Waals surface area contributed by atoms with Crippen LogP contribution in [-0.2, 0) is 11.3 Å². The van der Waals surface area contributed by atoms with E-state index in [0.717, 1.165) is 23.3 Å². The summed E-state index contributed by atoms with van der Waals surface area (Å²) >= 11 is 0. The lowest BCUT2D eigenvalue weighted by Crippen LogP contribution is -2.25. The molecular weight excluding hydrogens is 270 g/mol. The standard InChI is InChI=1S/C15H19N3O3/c1-3-7-16-14(19)6-8-18-10(2)17-12-5-4-11(15(20)21)9-13(12)18/h4-5,9H,3,6-8H2,1-2H3,(H,16,19)(H,20,21). The number of benzene rings is 1. The van der Waals surface area contributed by atoms with Gasteiger partial charge in [-0.2, -0.15) is 0 Å². The van der Waals surface area contributed by atoms with Crippen molar-refractivity contribution in [2.24, 2.45) is 0 Å². The molecular formula is C15H19N3O3.